The van der Waals surface area contributed by atoms with E-state index in [1.807, 2.05) is 54.6 Å². The number of rotatable bonds is 7. The van der Waals surface area contributed by atoms with Crippen molar-refractivity contribution in [2.45, 2.75) is 12.6 Å². The second-order valence-corrected chi connectivity index (χ2v) is 8.33. The van der Waals surface area contributed by atoms with Crippen molar-refractivity contribution < 1.29 is 9.13 Å². The van der Waals surface area contributed by atoms with Crippen LogP contribution in [0.4, 0.5) is 10.1 Å². The molecule has 1 aromatic heterocycles. The van der Waals surface area contributed by atoms with Crippen LogP contribution in [0.2, 0.25) is 0 Å². The molecule has 1 aliphatic rings. The van der Waals surface area contributed by atoms with Crippen LogP contribution in [0.15, 0.2) is 78.9 Å². The number of hydrogen-bond acceptors (Lipinski definition) is 6. The third-order valence-electron chi connectivity index (χ3n) is 6.30. The Labute approximate surface area is 198 Å². The lowest BCUT2D eigenvalue weighted by Crippen LogP contribution is -2.48. The van der Waals surface area contributed by atoms with Gasteiger partial charge in [0.05, 0.1) is 13.7 Å². The first-order valence-corrected chi connectivity index (χ1v) is 11.4. The van der Waals surface area contributed by atoms with E-state index in [1.165, 1.54) is 6.07 Å². The molecular formula is C26H27FN6O. The Morgan fingerprint density at radius 2 is 1.59 bits per heavy atom. The molecule has 0 N–H and O–H groups in total. The molecule has 8 heteroatoms. The SMILES string of the molecule is COc1ccc(N2CCN([C@@H](c3ccccc3F)c3nnnn3Cc3ccccc3)CC2)cc1. The molecule has 0 spiro atoms. The van der Waals surface area contributed by atoms with E-state index in [4.69, 9.17) is 4.74 Å². The third kappa shape index (κ3) is 4.63. The molecule has 1 fully saturated rings. The first-order valence-electron chi connectivity index (χ1n) is 11.4. The maximum Gasteiger partial charge on any atom is 0.173 e. The molecule has 174 valence electrons. The zero-order chi connectivity index (χ0) is 23.3. The molecule has 0 unspecified atom stereocenters. The second-order valence-electron chi connectivity index (χ2n) is 8.33. The van der Waals surface area contributed by atoms with Crippen molar-refractivity contribution in [3.8, 4) is 5.75 Å². The van der Waals surface area contributed by atoms with Crippen molar-refractivity contribution >= 4 is 5.69 Å². The van der Waals surface area contributed by atoms with Gasteiger partial charge in [0.2, 0.25) is 0 Å². The van der Waals surface area contributed by atoms with Gasteiger partial charge in [-0.1, -0.05) is 48.5 Å². The summed E-state index contributed by atoms with van der Waals surface area (Å²) in [5, 5.41) is 12.6. The quantitative estimate of drug-likeness (QED) is 0.420. The van der Waals surface area contributed by atoms with E-state index in [0.717, 1.165) is 43.2 Å². The van der Waals surface area contributed by atoms with Crippen molar-refractivity contribution in [3.63, 3.8) is 0 Å². The van der Waals surface area contributed by atoms with Gasteiger partial charge in [-0.2, -0.15) is 0 Å². The molecule has 4 aromatic rings. The number of halogens is 1. The smallest absolute Gasteiger partial charge is 0.173 e. The van der Waals surface area contributed by atoms with Gasteiger partial charge in [-0.05, 0) is 46.3 Å². The van der Waals surface area contributed by atoms with Gasteiger partial charge in [0.15, 0.2) is 5.82 Å². The minimum Gasteiger partial charge on any atom is -0.497 e. The number of methoxy groups -OCH3 is 1. The highest BCUT2D eigenvalue weighted by Crippen LogP contribution is 2.31. The molecule has 0 saturated carbocycles. The first-order chi connectivity index (χ1) is 16.7. The highest BCUT2D eigenvalue weighted by atomic mass is 19.1. The molecule has 3 aromatic carbocycles. The van der Waals surface area contributed by atoms with E-state index in [9.17, 15) is 0 Å². The number of anilines is 1. The van der Waals surface area contributed by atoms with Crippen LogP contribution >= 0.6 is 0 Å². The summed E-state index contributed by atoms with van der Waals surface area (Å²) in [5.41, 5.74) is 2.83. The highest BCUT2D eigenvalue weighted by Gasteiger charge is 2.32. The van der Waals surface area contributed by atoms with Crippen LogP contribution < -0.4 is 9.64 Å². The molecule has 7 nitrogen and oxygen atoms in total. The van der Waals surface area contributed by atoms with E-state index in [-0.39, 0.29) is 11.9 Å². The number of ether oxygens (including phenoxy) is 1. The fraction of sp³-hybridized carbons (Fsp3) is 0.269. The van der Waals surface area contributed by atoms with Gasteiger partial charge >= 0.3 is 0 Å². The third-order valence-corrected chi connectivity index (χ3v) is 6.30. The van der Waals surface area contributed by atoms with Crippen molar-refractivity contribution in [1.82, 2.24) is 25.1 Å². The summed E-state index contributed by atoms with van der Waals surface area (Å²) in [6.45, 7) is 3.67. The number of aromatic nitrogens is 4. The van der Waals surface area contributed by atoms with Gasteiger partial charge in [0.25, 0.3) is 0 Å². The largest absolute Gasteiger partial charge is 0.497 e. The fourth-order valence-electron chi connectivity index (χ4n) is 4.50. The van der Waals surface area contributed by atoms with Gasteiger partial charge in [-0.3, -0.25) is 4.90 Å². The Hall–Kier alpha value is -3.78. The van der Waals surface area contributed by atoms with Crippen LogP contribution in [0.3, 0.4) is 0 Å². The first kappa shape index (κ1) is 22.0. The number of nitrogens with zero attached hydrogens (tertiary/aromatic N) is 6. The molecule has 0 radical (unpaired) electrons. The van der Waals surface area contributed by atoms with Crippen molar-refractivity contribution in [2.75, 3.05) is 38.2 Å². The zero-order valence-corrected chi connectivity index (χ0v) is 19.1. The average molecular weight is 459 g/mol. The molecule has 1 saturated heterocycles. The summed E-state index contributed by atoms with van der Waals surface area (Å²) in [6, 6.07) is 24.7. The minimum atomic E-state index is -0.377. The molecule has 1 aliphatic heterocycles. The monoisotopic (exact) mass is 458 g/mol. The molecule has 5 rings (SSSR count). The van der Waals surface area contributed by atoms with Crippen LogP contribution in [0.5, 0.6) is 5.75 Å². The van der Waals surface area contributed by atoms with Gasteiger partial charge in [-0.25, -0.2) is 9.07 Å². The molecule has 0 amide bonds. The lowest BCUT2D eigenvalue weighted by atomic mass is 10.0. The number of piperazine rings is 1. The van der Waals surface area contributed by atoms with Gasteiger partial charge in [0.1, 0.15) is 17.6 Å². The number of benzene rings is 3. The van der Waals surface area contributed by atoms with Gasteiger partial charge in [0, 0.05) is 37.4 Å². The predicted molar refractivity (Wildman–Crippen MR) is 128 cm³/mol. The van der Waals surface area contributed by atoms with Gasteiger partial charge in [-0.15, -0.1) is 5.10 Å². The zero-order valence-electron chi connectivity index (χ0n) is 19.1. The highest BCUT2D eigenvalue weighted by molar-refractivity contribution is 5.49. The lowest BCUT2D eigenvalue weighted by molar-refractivity contribution is 0.198. The van der Waals surface area contributed by atoms with Crippen LogP contribution in [-0.2, 0) is 6.54 Å². The lowest BCUT2D eigenvalue weighted by Gasteiger charge is -2.40. The van der Waals surface area contributed by atoms with Crippen LogP contribution in [0, 0.1) is 5.82 Å². The Kier molecular flexibility index (Phi) is 6.49. The minimum absolute atomic E-state index is 0.251. The summed E-state index contributed by atoms with van der Waals surface area (Å²) in [7, 11) is 1.67. The summed E-state index contributed by atoms with van der Waals surface area (Å²) >= 11 is 0. The standard InChI is InChI=1S/C26H27FN6O/c1-34-22-13-11-21(12-14-22)31-15-17-32(18-16-31)25(23-9-5-6-10-24(23)27)26-28-29-30-33(26)19-20-7-3-2-4-8-20/h2-14,25H,15-19H2,1H3/t25-/m0/s1. The van der Waals surface area contributed by atoms with E-state index in [0.29, 0.717) is 17.9 Å². The van der Waals surface area contributed by atoms with Crippen LogP contribution in [0.1, 0.15) is 23.0 Å². The van der Waals surface area contributed by atoms with Gasteiger partial charge < -0.3 is 9.64 Å². The van der Waals surface area contributed by atoms with Crippen molar-refractivity contribution in [1.29, 1.82) is 0 Å². The Balaban J connectivity index is 1.41. The topological polar surface area (TPSA) is 59.3 Å². The molecule has 1 atom stereocenters. The second kappa shape index (κ2) is 10.0. The Morgan fingerprint density at radius 1 is 0.882 bits per heavy atom. The van der Waals surface area contributed by atoms with Crippen molar-refractivity contribution in [3.05, 3.63) is 102 Å². The molecule has 0 aliphatic carbocycles. The summed E-state index contributed by atoms with van der Waals surface area (Å²) in [6.07, 6.45) is 0. The van der Waals surface area contributed by atoms with E-state index in [1.54, 1.807) is 17.9 Å². The Morgan fingerprint density at radius 3 is 2.29 bits per heavy atom. The van der Waals surface area contributed by atoms with Crippen LogP contribution in [0.25, 0.3) is 0 Å². The fourth-order valence-corrected chi connectivity index (χ4v) is 4.50. The van der Waals surface area contributed by atoms with Crippen molar-refractivity contribution in [2.24, 2.45) is 0 Å². The maximum absolute atomic E-state index is 15.0. The molecule has 2 heterocycles. The average Bonchev–Trinajstić information content (AvgIpc) is 3.34. The molecule has 34 heavy (non-hydrogen) atoms. The predicted octanol–water partition coefficient (Wildman–Crippen LogP) is 3.78. The Bertz CT molecular complexity index is 1210. The summed E-state index contributed by atoms with van der Waals surface area (Å²) in [5.74, 6) is 1.23. The van der Waals surface area contributed by atoms with Crippen LogP contribution in [-0.4, -0.2) is 58.4 Å². The summed E-state index contributed by atoms with van der Waals surface area (Å²) in [4.78, 5) is 4.60. The summed E-state index contributed by atoms with van der Waals surface area (Å²) < 4.78 is 22.1. The molecular weight excluding hydrogens is 431 g/mol. The maximum atomic E-state index is 15.0. The van der Waals surface area contributed by atoms with E-state index >= 15 is 4.39 Å². The number of hydrogen-bond donors (Lipinski definition) is 0. The molecule has 0 bridgehead atoms. The normalized spacial score (nSPS) is 15.3. The van der Waals surface area contributed by atoms with E-state index < -0.39 is 0 Å². The number of tetrazole rings is 1. The van der Waals surface area contributed by atoms with E-state index in [2.05, 4.69) is 37.5 Å².